The zero-order valence-corrected chi connectivity index (χ0v) is 12.0. The molecule has 1 heterocycles. The molecule has 1 fully saturated rings. The maximum absolute atomic E-state index is 12.4. The van der Waals surface area contributed by atoms with Crippen molar-refractivity contribution in [3.05, 3.63) is 34.9 Å². The van der Waals surface area contributed by atoms with Gasteiger partial charge in [-0.3, -0.25) is 4.79 Å². The molecule has 0 aliphatic carbocycles. The minimum atomic E-state index is -0.00626. The topological polar surface area (TPSA) is 40.5 Å². The van der Waals surface area contributed by atoms with Crippen molar-refractivity contribution in [3.8, 4) is 0 Å². The van der Waals surface area contributed by atoms with Gasteiger partial charge in [-0.25, -0.2) is 0 Å². The minimum absolute atomic E-state index is 0.00272. The van der Waals surface area contributed by atoms with Gasteiger partial charge in [0.1, 0.15) is 0 Å². The fourth-order valence-electron chi connectivity index (χ4n) is 2.61. The lowest BCUT2D eigenvalue weighted by atomic mass is 9.77. The Kier molecular flexibility index (Phi) is 4.48. The molecule has 0 atom stereocenters. The van der Waals surface area contributed by atoms with Crippen molar-refractivity contribution in [3.63, 3.8) is 0 Å². The molecule has 0 saturated carbocycles. The van der Waals surface area contributed by atoms with Gasteiger partial charge in [0.2, 0.25) is 0 Å². The van der Waals surface area contributed by atoms with Gasteiger partial charge in [-0.05, 0) is 36.8 Å². The second-order valence-electron chi connectivity index (χ2n) is 5.28. The molecule has 1 aromatic rings. The molecule has 104 valence electrons. The summed E-state index contributed by atoms with van der Waals surface area (Å²) in [4.78, 5) is 14.2. The number of benzene rings is 1. The van der Waals surface area contributed by atoms with E-state index in [1.807, 2.05) is 17.0 Å². The van der Waals surface area contributed by atoms with Crippen LogP contribution in [0.5, 0.6) is 0 Å². The molecule has 0 spiro atoms. The minimum Gasteiger partial charge on any atom is -0.396 e. The third kappa shape index (κ3) is 2.93. The number of carbonyl (C=O) groups is 1. The quantitative estimate of drug-likeness (QED) is 0.925. The van der Waals surface area contributed by atoms with Gasteiger partial charge in [0.05, 0.1) is 10.6 Å². The van der Waals surface area contributed by atoms with E-state index in [9.17, 15) is 9.90 Å². The third-order valence-corrected chi connectivity index (χ3v) is 4.63. The molecule has 1 aliphatic rings. The number of hydrogen-bond acceptors (Lipinski definition) is 2. The molecule has 4 heteroatoms. The van der Waals surface area contributed by atoms with Crippen molar-refractivity contribution in [1.29, 1.82) is 0 Å². The average molecular weight is 282 g/mol. The molecule has 0 unspecified atom stereocenters. The predicted molar refractivity (Wildman–Crippen MR) is 76.4 cm³/mol. The Balaban J connectivity index is 2.06. The summed E-state index contributed by atoms with van der Waals surface area (Å²) in [5, 5.41) is 10.0. The van der Waals surface area contributed by atoms with Gasteiger partial charge < -0.3 is 10.0 Å². The monoisotopic (exact) mass is 281 g/mol. The highest BCUT2D eigenvalue weighted by Crippen LogP contribution is 2.34. The third-order valence-electron chi connectivity index (χ3n) is 4.30. The van der Waals surface area contributed by atoms with Gasteiger partial charge in [0.15, 0.2) is 0 Å². The first-order chi connectivity index (χ1) is 9.12. The second kappa shape index (κ2) is 5.93. The summed E-state index contributed by atoms with van der Waals surface area (Å²) < 4.78 is 0. The van der Waals surface area contributed by atoms with Crippen molar-refractivity contribution >= 4 is 17.5 Å². The van der Waals surface area contributed by atoms with E-state index in [0.29, 0.717) is 23.7 Å². The van der Waals surface area contributed by atoms with Gasteiger partial charge in [-0.15, -0.1) is 0 Å². The van der Waals surface area contributed by atoms with E-state index in [1.165, 1.54) is 0 Å². The summed E-state index contributed by atoms with van der Waals surface area (Å²) >= 11 is 6.06. The SMILES string of the molecule is CCC1(CO)CCN(C(=O)c2ccccc2Cl)CC1. The Labute approximate surface area is 119 Å². The zero-order chi connectivity index (χ0) is 13.9. The molecule has 0 bridgehead atoms. The molecular formula is C15H20ClNO2. The number of aliphatic hydroxyl groups is 1. The predicted octanol–water partition coefficient (Wildman–Crippen LogP) is 2.96. The fraction of sp³-hybridized carbons (Fsp3) is 0.533. The standard InChI is InChI=1S/C15H20ClNO2/c1-2-15(11-18)7-9-17(10-8-15)14(19)12-5-3-4-6-13(12)16/h3-6,18H,2,7-11H2,1H3. The number of amides is 1. The Hall–Kier alpha value is -1.06. The number of likely N-dealkylation sites (tertiary alicyclic amines) is 1. The van der Waals surface area contributed by atoms with Crippen LogP contribution >= 0.6 is 11.6 Å². The van der Waals surface area contributed by atoms with E-state index in [-0.39, 0.29) is 17.9 Å². The van der Waals surface area contributed by atoms with Crippen LogP contribution < -0.4 is 0 Å². The number of aliphatic hydroxyl groups excluding tert-OH is 1. The molecule has 1 amide bonds. The lowest BCUT2D eigenvalue weighted by Gasteiger charge is -2.40. The smallest absolute Gasteiger partial charge is 0.255 e. The Morgan fingerprint density at radius 1 is 1.37 bits per heavy atom. The first-order valence-corrected chi connectivity index (χ1v) is 7.14. The van der Waals surface area contributed by atoms with Crippen molar-refractivity contribution < 1.29 is 9.90 Å². The van der Waals surface area contributed by atoms with E-state index < -0.39 is 0 Å². The normalized spacial score (nSPS) is 18.4. The number of nitrogens with zero attached hydrogens (tertiary/aromatic N) is 1. The molecule has 3 nitrogen and oxygen atoms in total. The Morgan fingerprint density at radius 3 is 2.53 bits per heavy atom. The van der Waals surface area contributed by atoms with Gasteiger partial charge in [0, 0.05) is 19.7 Å². The van der Waals surface area contributed by atoms with Gasteiger partial charge in [-0.1, -0.05) is 30.7 Å². The number of hydrogen-bond donors (Lipinski definition) is 1. The van der Waals surface area contributed by atoms with E-state index in [0.717, 1.165) is 19.3 Å². The summed E-state index contributed by atoms with van der Waals surface area (Å²) in [6.45, 7) is 3.69. The van der Waals surface area contributed by atoms with E-state index in [1.54, 1.807) is 12.1 Å². The van der Waals surface area contributed by atoms with Crippen LogP contribution in [-0.2, 0) is 0 Å². The van der Waals surface area contributed by atoms with E-state index >= 15 is 0 Å². The van der Waals surface area contributed by atoms with Crippen LogP contribution in [0.2, 0.25) is 5.02 Å². The van der Waals surface area contributed by atoms with Crippen LogP contribution in [0.3, 0.4) is 0 Å². The number of piperidine rings is 1. The number of halogens is 1. The Bertz CT molecular complexity index is 447. The van der Waals surface area contributed by atoms with Crippen molar-refractivity contribution in [2.75, 3.05) is 19.7 Å². The van der Waals surface area contributed by atoms with E-state index in [4.69, 9.17) is 11.6 Å². The van der Waals surface area contributed by atoms with Gasteiger partial charge in [0.25, 0.3) is 5.91 Å². The van der Waals surface area contributed by atoms with Crippen LogP contribution in [0.1, 0.15) is 36.5 Å². The first kappa shape index (κ1) is 14.4. The largest absolute Gasteiger partial charge is 0.396 e. The lowest BCUT2D eigenvalue weighted by Crippen LogP contribution is -2.44. The molecular weight excluding hydrogens is 262 g/mol. The summed E-state index contributed by atoms with van der Waals surface area (Å²) in [6.07, 6.45) is 2.67. The van der Waals surface area contributed by atoms with Crippen LogP contribution in [0, 0.1) is 5.41 Å². The van der Waals surface area contributed by atoms with Crippen LogP contribution in [0.4, 0.5) is 0 Å². The molecule has 0 aromatic heterocycles. The number of rotatable bonds is 3. The molecule has 1 aromatic carbocycles. The number of carbonyl (C=O) groups excluding carboxylic acids is 1. The molecule has 0 radical (unpaired) electrons. The maximum Gasteiger partial charge on any atom is 0.255 e. The summed E-state index contributed by atoms with van der Waals surface area (Å²) in [6, 6.07) is 7.15. The zero-order valence-electron chi connectivity index (χ0n) is 11.2. The highest BCUT2D eigenvalue weighted by molar-refractivity contribution is 6.33. The molecule has 1 aliphatic heterocycles. The van der Waals surface area contributed by atoms with Crippen molar-refractivity contribution in [2.45, 2.75) is 26.2 Å². The van der Waals surface area contributed by atoms with Gasteiger partial charge in [-0.2, -0.15) is 0 Å². The van der Waals surface area contributed by atoms with E-state index in [2.05, 4.69) is 6.92 Å². The van der Waals surface area contributed by atoms with Crippen LogP contribution in [-0.4, -0.2) is 35.6 Å². The van der Waals surface area contributed by atoms with Crippen LogP contribution in [0.25, 0.3) is 0 Å². The Morgan fingerprint density at radius 2 is 2.00 bits per heavy atom. The van der Waals surface area contributed by atoms with Crippen molar-refractivity contribution in [1.82, 2.24) is 4.90 Å². The fourth-order valence-corrected chi connectivity index (χ4v) is 2.83. The molecule has 1 saturated heterocycles. The van der Waals surface area contributed by atoms with Gasteiger partial charge >= 0.3 is 0 Å². The highest BCUT2D eigenvalue weighted by Gasteiger charge is 2.34. The average Bonchev–Trinajstić information content (AvgIpc) is 2.47. The van der Waals surface area contributed by atoms with Crippen LogP contribution in [0.15, 0.2) is 24.3 Å². The highest BCUT2D eigenvalue weighted by atomic mass is 35.5. The summed E-state index contributed by atoms with van der Waals surface area (Å²) in [7, 11) is 0. The molecule has 2 rings (SSSR count). The van der Waals surface area contributed by atoms with Crippen molar-refractivity contribution in [2.24, 2.45) is 5.41 Å². The first-order valence-electron chi connectivity index (χ1n) is 6.76. The lowest BCUT2D eigenvalue weighted by molar-refractivity contribution is 0.0338. The second-order valence-corrected chi connectivity index (χ2v) is 5.69. The molecule has 1 N–H and O–H groups in total. The maximum atomic E-state index is 12.4. The summed E-state index contributed by atoms with van der Waals surface area (Å²) in [5.74, 6) is -0.00626. The molecule has 19 heavy (non-hydrogen) atoms. The summed E-state index contributed by atoms with van der Waals surface area (Å²) in [5.41, 5.74) is 0.564.